The van der Waals surface area contributed by atoms with E-state index in [2.05, 4.69) is 5.32 Å². The van der Waals surface area contributed by atoms with E-state index in [1.165, 1.54) is 5.54 Å². The number of carbonyl (C=O) groups excluding carboxylic acids is 1. The predicted molar refractivity (Wildman–Crippen MR) is 61.1 cm³/mol. The van der Waals surface area contributed by atoms with Crippen molar-refractivity contribution in [1.29, 1.82) is 0 Å². The minimum Gasteiger partial charge on any atom is -0.321 e. The summed E-state index contributed by atoms with van der Waals surface area (Å²) in [5.41, 5.74) is 4.58. The summed E-state index contributed by atoms with van der Waals surface area (Å²) < 4.78 is 0. The Morgan fingerprint density at radius 2 is 1.93 bits per heavy atom. The van der Waals surface area contributed by atoms with Crippen molar-refractivity contribution in [3.05, 3.63) is 52.7 Å². The molecule has 0 saturated heterocycles. The number of hydrogen-bond donors (Lipinski definition) is 1. The average molecular weight is 220 g/mol. The van der Waals surface area contributed by atoms with Crippen LogP contribution in [0.3, 0.4) is 0 Å². The normalized spacial score (nSPS) is 18.5. The van der Waals surface area contributed by atoms with Crippen molar-refractivity contribution in [2.45, 2.75) is 6.92 Å². The van der Waals surface area contributed by atoms with Crippen LogP contribution in [0.2, 0.25) is 0 Å². The molecule has 1 aromatic rings. The van der Waals surface area contributed by atoms with Crippen LogP contribution >= 0.6 is 11.6 Å². The van der Waals surface area contributed by atoms with Crippen molar-refractivity contribution < 1.29 is 4.79 Å². The molecule has 0 aromatic heterocycles. The smallest absolute Gasteiger partial charge is 0.256 e. The van der Waals surface area contributed by atoms with Crippen molar-refractivity contribution in [2.75, 3.05) is 0 Å². The van der Waals surface area contributed by atoms with Crippen LogP contribution in [-0.4, -0.2) is 5.91 Å². The molecule has 0 fully saturated rings. The summed E-state index contributed by atoms with van der Waals surface area (Å²) in [6, 6.07) is 9.56. The van der Waals surface area contributed by atoms with Gasteiger partial charge < -0.3 is 5.32 Å². The second-order valence-corrected chi connectivity index (χ2v) is 3.56. The van der Waals surface area contributed by atoms with E-state index < -0.39 is 0 Å². The Morgan fingerprint density at radius 3 is 2.47 bits per heavy atom. The van der Waals surface area contributed by atoms with Gasteiger partial charge in [0, 0.05) is 5.54 Å². The van der Waals surface area contributed by atoms with E-state index in [1.54, 1.807) is 0 Å². The lowest BCUT2D eigenvalue weighted by Crippen LogP contribution is -2.15. The van der Waals surface area contributed by atoms with E-state index in [1.807, 2.05) is 37.3 Å². The Hall–Kier alpha value is -1.54. The van der Waals surface area contributed by atoms with Crippen LogP contribution in [0.15, 0.2) is 47.1 Å². The summed E-state index contributed by atoms with van der Waals surface area (Å²) in [6.45, 7) is 1.88. The summed E-state index contributed by atoms with van der Waals surface area (Å²) in [5.74, 6) is -0.0920. The summed E-state index contributed by atoms with van der Waals surface area (Å²) in [7, 11) is 0. The monoisotopic (exact) mass is 219 g/mol. The fourth-order valence-electron chi connectivity index (χ4n) is 1.65. The molecule has 0 saturated carbocycles. The van der Waals surface area contributed by atoms with Gasteiger partial charge in [0.15, 0.2) is 0 Å². The van der Waals surface area contributed by atoms with Crippen LogP contribution in [0.5, 0.6) is 0 Å². The molecular weight excluding hydrogens is 210 g/mol. The lowest BCUT2D eigenvalue weighted by molar-refractivity contribution is -0.114. The van der Waals surface area contributed by atoms with E-state index in [4.69, 9.17) is 11.6 Å². The number of nitrogens with one attached hydrogen (secondary N) is 1. The number of benzene rings is 1. The molecule has 1 heterocycles. The third kappa shape index (κ3) is 1.68. The molecule has 1 aromatic carbocycles. The highest BCUT2D eigenvalue weighted by atomic mass is 35.5. The number of halogens is 1. The van der Waals surface area contributed by atoms with Gasteiger partial charge in [0.1, 0.15) is 0 Å². The topological polar surface area (TPSA) is 29.1 Å². The van der Waals surface area contributed by atoms with Crippen molar-refractivity contribution in [3.8, 4) is 0 Å². The highest BCUT2D eigenvalue weighted by Crippen LogP contribution is 2.28. The van der Waals surface area contributed by atoms with Gasteiger partial charge in [0.05, 0.1) is 11.3 Å². The van der Waals surface area contributed by atoms with Gasteiger partial charge in [-0.25, -0.2) is 0 Å². The molecule has 0 radical (unpaired) electrons. The first-order valence-corrected chi connectivity index (χ1v) is 5.06. The second-order valence-electron chi connectivity index (χ2n) is 3.34. The van der Waals surface area contributed by atoms with Gasteiger partial charge in [0.25, 0.3) is 5.91 Å². The molecule has 1 N–H and O–H groups in total. The molecule has 1 amide bonds. The average Bonchev–Trinajstić information content (AvgIpc) is 2.55. The van der Waals surface area contributed by atoms with Gasteiger partial charge in [-0.1, -0.05) is 41.9 Å². The van der Waals surface area contributed by atoms with Crippen LogP contribution in [0.1, 0.15) is 12.5 Å². The van der Waals surface area contributed by atoms with E-state index in [9.17, 15) is 4.79 Å². The van der Waals surface area contributed by atoms with Gasteiger partial charge in [-0.15, -0.1) is 0 Å². The van der Waals surface area contributed by atoms with Gasteiger partial charge in [0.2, 0.25) is 0 Å². The van der Waals surface area contributed by atoms with Crippen LogP contribution < -0.4 is 5.32 Å². The Morgan fingerprint density at radius 1 is 1.27 bits per heavy atom. The quantitative estimate of drug-likeness (QED) is 0.773. The molecule has 0 atom stereocenters. The third-order valence-corrected chi connectivity index (χ3v) is 2.64. The van der Waals surface area contributed by atoms with Gasteiger partial charge in [-0.3, -0.25) is 4.79 Å². The highest BCUT2D eigenvalue weighted by molar-refractivity contribution is 6.29. The first kappa shape index (κ1) is 9.99. The van der Waals surface area contributed by atoms with E-state index >= 15 is 0 Å². The number of carbonyl (C=O) groups is 1. The van der Waals surface area contributed by atoms with Crippen molar-refractivity contribution in [3.63, 3.8) is 0 Å². The minimum atomic E-state index is -0.0920. The maximum Gasteiger partial charge on any atom is 0.256 e. The largest absolute Gasteiger partial charge is 0.321 e. The molecule has 3 heteroatoms. The van der Waals surface area contributed by atoms with E-state index in [0.29, 0.717) is 11.3 Å². The Balaban J connectivity index is 2.54. The van der Waals surface area contributed by atoms with Crippen molar-refractivity contribution in [2.24, 2.45) is 0 Å². The standard InChI is InChI=1S/C12H10ClNO/c1-8-10(7-13)14-12(15)11(8)9-5-3-2-4-6-9/h2-7H,1H3,(H,14,15)/b10-7-. The fraction of sp³-hybridized carbons (Fsp3) is 0.0833. The second kappa shape index (κ2) is 3.91. The summed E-state index contributed by atoms with van der Waals surface area (Å²) >= 11 is 5.61. The van der Waals surface area contributed by atoms with Gasteiger partial charge in [-0.2, -0.15) is 0 Å². The highest BCUT2D eigenvalue weighted by Gasteiger charge is 2.24. The maximum atomic E-state index is 11.7. The molecule has 2 rings (SSSR count). The van der Waals surface area contributed by atoms with Crippen LogP contribution in [0.25, 0.3) is 5.57 Å². The minimum absolute atomic E-state index is 0.0920. The zero-order valence-electron chi connectivity index (χ0n) is 8.25. The zero-order valence-corrected chi connectivity index (χ0v) is 9.01. The first-order chi connectivity index (χ1) is 7.24. The molecule has 1 aliphatic rings. The summed E-state index contributed by atoms with van der Waals surface area (Å²) in [5, 5.41) is 2.72. The number of hydrogen-bond acceptors (Lipinski definition) is 1. The fourth-order valence-corrected chi connectivity index (χ4v) is 1.86. The maximum absolute atomic E-state index is 11.7. The summed E-state index contributed by atoms with van der Waals surface area (Å²) in [4.78, 5) is 11.7. The molecule has 0 aliphatic carbocycles. The number of rotatable bonds is 1. The Labute approximate surface area is 93.3 Å². The zero-order chi connectivity index (χ0) is 10.8. The van der Waals surface area contributed by atoms with Crippen molar-refractivity contribution >= 4 is 23.1 Å². The molecule has 1 aliphatic heterocycles. The SMILES string of the molecule is CC1=C(c2ccccc2)C(=O)N/C1=C\Cl. The van der Waals surface area contributed by atoms with Gasteiger partial charge in [-0.05, 0) is 18.1 Å². The van der Waals surface area contributed by atoms with Crippen LogP contribution in [0, 0.1) is 0 Å². The Bertz CT molecular complexity index is 460. The van der Waals surface area contributed by atoms with Gasteiger partial charge >= 0.3 is 0 Å². The molecule has 76 valence electrons. The molecule has 0 bridgehead atoms. The molecular formula is C12H10ClNO. The van der Waals surface area contributed by atoms with Crippen LogP contribution in [0.4, 0.5) is 0 Å². The molecule has 2 nitrogen and oxygen atoms in total. The summed E-state index contributed by atoms with van der Waals surface area (Å²) in [6.07, 6.45) is 0. The van der Waals surface area contributed by atoms with Crippen molar-refractivity contribution in [1.82, 2.24) is 5.32 Å². The number of allylic oxidation sites excluding steroid dienone is 1. The third-order valence-electron chi connectivity index (χ3n) is 2.43. The molecule has 0 spiro atoms. The van der Waals surface area contributed by atoms with Crippen LogP contribution in [-0.2, 0) is 4.79 Å². The molecule has 0 unspecified atom stereocenters. The Kier molecular flexibility index (Phi) is 2.60. The lowest BCUT2D eigenvalue weighted by Gasteiger charge is -1.99. The van der Waals surface area contributed by atoms with E-state index in [-0.39, 0.29) is 5.91 Å². The molecule has 15 heavy (non-hydrogen) atoms. The lowest BCUT2D eigenvalue weighted by atomic mass is 10.0. The number of amides is 1. The first-order valence-electron chi connectivity index (χ1n) is 4.62. The predicted octanol–water partition coefficient (Wildman–Crippen LogP) is 2.67. The van der Waals surface area contributed by atoms with E-state index in [0.717, 1.165) is 11.1 Å².